The third-order valence-electron chi connectivity index (χ3n) is 3.40. The molecule has 0 radical (unpaired) electrons. The van der Waals surface area contributed by atoms with Gasteiger partial charge in [0.15, 0.2) is 5.54 Å². The molecule has 1 N–H and O–H groups in total. The van der Waals surface area contributed by atoms with Crippen molar-refractivity contribution >= 4 is 12.1 Å². The first-order valence-corrected chi connectivity index (χ1v) is 7.36. The van der Waals surface area contributed by atoms with Crippen molar-refractivity contribution in [3.05, 3.63) is 0 Å². The molecule has 1 saturated heterocycles. The molecule has 0 bridgehead atoms. The minimum atomic E-state index is -2.90. The van der Waals surface area contributed by atoms with Crippen LogP contribution in [0.25, 0.3) is 0 Å². The van der Waals surface area contributed by atoms with Gasteiger partial charge in [0.2, 0.25) is 6.43 Å². The molecule has 134 valence electrons. The molecule has 2 atom stereocenters. The van der Waals surface area contributed by atoms with E-state index in [0.29, 0.717) is 0 Å². The molecule has 1 heterocycles. The van der Waals surface area contributed by atoms with Crippen LogP contribution in [0.1, 0.15) is 48.0 Å². The van der Waals surface area contributed by atoms with Gasteiger partial charge in [0.25, 0.3) is 0 Å². The summed E-state index contributed by atoms with van der Waals surface area (Å²) in [6.07, 6.45) is -5.88. The highest BCUT2D eigenvalue weighted by Gasteiger charge is 2.60. The number of halogens is 2. The second-order valence-corrected chi connectivity index (χ2v) is 7.81. The van der Waals surface area contributed by atoms with Crippen LogP contribution in [0.3, 0.4) is 0 Å². The highest BCUT2D eigenvalue weighted by atomic mass is 19.3. The van der Waals surface area contributed by atoms with Gasteiger partial charge in [-0.05, 0) is 20.8 Å². The Morgan fingerprint density at radius 3 is 2.17 bits per heavy atom. The summed E-state index contributed by atoms with van der Waals surface area (Å²) in [5, 5.41) is 9.55. The molecule has 0 aromatic rings. The van der Waals surface area contributed by atoms with Gasteiger partial charge >= 0.3 is 12.1 Å². The zero-order chi connectivity index (χ0) is 18.2. The van der Waals surface area contributed by atoms with Gasteiger partial charge in [-0.25, -0.2) is 18.4 Å². The van der Waals surface area contributed by atoms with Crippen LogP contribution in [0.4, 0.5) is 13.6 Å². The van der Waals surface area contributed by atoms with Crippen molar-refractivity contribution in [3.63, 3.8) is 0 Å². The number of hydrogen-bond acceptors (Lipinski definition) is 4. The first-order valence-electron chi connectivity index (χ1n) is 7.36. The monoisotopic (exact) mass is 337 g/mol. The van der Waals surface area contributed by atoms with Gasteiger partial charge in [-0.2, -0.15) is 0 Å². The Bertz CT molecular complexity index is 469. The second-order valence-electron chi connectivity index (χ2n) is 7.81. The Balaban J connectivity index is 3.33. The molecule has 0 aromatic heterocycles. The number of hydrogen-bond donors (Lipinski definition) is 1. The molecular formula is C15H25F2NO5. The van der Waals surface area contributed by atoms with E-state index in [1.54, 1.807) is 41.5 Å². The van der Waals surface area contributed by atoms with E-state index in [9.17, 15) is 23.5 Å². The Labute approximate surface area is 134 Å². The van der Waals surface area contributed by atoms with E-state index >= 15 is 0 Å². The SMILES string of the molecule is CC(C)(C)OC(=O)N1C(C(C)(C)C)OCC1(CC(F)F)C(=O)O. The number of rotatable bonds is 3. The van der Waals surface area contributed by atoms with Gasteiger partial charge < -0.3 is 14.6 Å². The van der Waals surface area contributed by atoms with E-state index in [0.717, 1.165) is 4.90 Å². The summed E-state index contributed by atoms with van der Waals surface area (Å²) < 4.78 is 36.7. The van der Waals surface area contributed by atoms with Crippen LogP contribution in [0.15, 0.2) is 0 Å². The topological polar surface area (TPSA) is 76.1 Å². The summed E-state index contributed by atoms with van der Waals surface area (Å²) in [4.78, 5) is 25.1. The molecular weight excluding hydrogens is 312 g/mol. The predicted octanol–water partition coefficient (Wildman–Crippen LogP) is 3.10. The van der Waals surface area contributed by atoms with Crippen LogP contribution >= 0.6 is 0 Å². The second kappa shape index (κ2) is 6.22. The van der Waals surface area contributed by atoms with Crippen LogP contribution in [0, 0.1) is 5.41 Å². The normalized spacial score (nSPS) is 25.8. The third-order valence-corrected chi connectivity index (χ3v) is 3.40. The van der Waals surface area contributed by atoms with Gasteiger partial charge in [-0.3, -0.25) is 4.90 Å². The van der Waals surface area contributed by atoms with Gasteiger partial charge in [-0.1, -0.05) is 20.8 Å². The van der Waals surface area contributed by atoms with Crippen LogP contribution in [0.5, 0.6) is 0 Å². The number of aliphatic carboxylic acids is 1. The van der Waals surface area contributed by atoms with Gasteiger partial charge in [-0.15, -0.1) is 0 Å². The van der Waals surface area contributed by atoms with Crippen molar-refractivity contribution < 1.29 is 33.0 Å². The lowest BCUT2D eigenvalue weighted by molar-refractivity contribution is -0.153. The molecule has 0 aromatic carbocycles. The highest BCUT2D eigenvalue weighted by molar-refractivity contribution is 5.85. The largest absolute Gasteiger partial charge is 0.479 e. The Morgan fingerprint density at radius 1 is 1.30 bits per heavy atom. The van der Waals surface area contributed by atoms with Crippen LogP contribution < -0.4 is 0 Å². The Hall–Kier alpha value is -1.44. The molecule has 1 rings (SSSR count). The van der Waals surface area contributed by atoms with E-state index in [-0.39, 0.29) is 0 Å². The average molecular weight is 337 g/mol. The maximum absolute atomic E-state index is 13.0. The molecule has 2 unspecified atom stereocenters. The number of ether oxygens (including phenoxy) is 2. The van der Waals surface area contributed by atoms with Gasteiger partial charge in [0.05, 0.1) is 6.61 Å². The predicted molar refractivity (Wildman–Crippen MR) is 78.3 cm³/mol. The van der Waals surface area contributed by atoms with Crippen molar-refractivity contribution in [1.82, 2.24) is 4.90 Å². The van der Waals surface area contributed by atoms with E-state index in [1.165, 1.54) is 0 Å². The highest BCUT2D eigenvalue weighted by Crippen LogP contribution is 2.41. The first-order chi connectivity index (χ1) is 10.2. The number of nitrogens with zero attached hydrogens (tertiary/aromatic N) is 1. The van der Waals surface area contributed by atoms with Crippen molar-refractivity contribution in [1.29, 1.82) is 0 Å². The molecule has 1 amide bonds. The minimum absolute atomic E-state index is 0.506. The maximum Gasteiger partial charge on any atom is 0.413 e. The van der Waals surface area contributed by atoms with Gasteiger partial charge in [0.1, 0.15) is 11.8 Å². The lowest BCUT2D eigenvalue weighted by Gasteiger charge is -2.40. The number of carboxylic acid groups (broad SMARTS) is 1. The zero-order valence-corrected chi connectivity index (χ0v) is 14.4. The van der Waals surface area contributed by atoms with Gasteiger partial charge in [0, 0.05) is 11.8 Å². The van der Waals surface area contributed by atoms with Crippen molar-refractivity contribution in [2.45, 2.75) is 71.8 Å². The third kappa shape index (κ3) is 4.31. The fourth-order valence-electron chi connectivity index (χ4n) is 2.47. The maximum atomic E-state index is 13.0. The lowest BCUT2D eigenvalue weighted by Crippen LogP contribution is -2.60. The van der Waals surface area contributed by atoms with Crippen LogP contribution in [-0.4, -0.2) is 52.5 Å². The molecule has 23 heavy (non-hydrogen) atoms. The lowest BCUT2D eigenvalue weighted by atomic mass is 9.89. The van der Waals surface area contributed by atoms with Crippen LogP contribution in [0.2, 0.25) is 0 Å². The fraction of sp³-hybridized carbons (Fsp3) is 0.867. The molecule has 0 spiro atoms. The smallest absolute Gasteiger partial charge is 0.413 e. The Morgan fingerprint density at radius 2 is 1.83 bits per heavy atom. The molecule has 1 fully saturated rings. The molecule has 1 aliphatic heterocycles. The summed E-state index contributed by atoms with van der Waals surface area (Å²) in [5.41, 5.74) is -3.71. The minimum Gasteiger partial charge on any atom is -0.479 e. The van der Waals surface area contributed by atoms with E-state index in [4.69, 9.17) is 9.47 Å². The summed E-state index contributed by atoms with van der Waals surface area (Å²) in [7, 11) is 0. The Kier molecular flexibility index (Phi) is 5.30. The number of alkyl halides is 2. The summed E-state index contributed by atoms with van der Waals surface area (Å²) >= 11 is 0. The number of carboxylic acids is 1. The zero-order valence-electron chi connectivity index (χ0n) is 14.4. The quantitative estimate of drug-likeness (QED) is 0.856. The molecule has 6 nitrogen and oxygen atoms in total. The van der Waals surface area contributed by atoms with E-state index in [1.807, 2.05) is 0 Å². The van der Waals surface area contributed by atoms with E-state index < -0.39 is 54.3 Å². The standard InChI is InChI=1S/C15H25F2NO5/c1-13(2,3)10-18(12(21)23-14(4,5)6)15(8-22-10,11(19)20)7-9(16)17/h9-10H,7-8H2,1-6H3,(H,19,20). The van der Waals surface area contributed by atoms with Crippen molar-refractivity contribution in [2.24, 2.45) is 5.41 Å². The average Bonchev–Trinajstić information content (AvgIpc) is 2.65. The summed E-state index contributed by atoms with van der Waals surface area (Å²) in [5.74, 6) is -1.53. The summed E-state index contributed by atoms with van der Waals surface area (Å²) in [6.45, 7) is 9.53. The van der Waals surface area contributed by atoms with Crippen molar-refractivity contribution in [2.75, 3.05) is 6.61 Å². The van der Waals surface area contributed by atoms with Crippen molar-refractivity contribution in [3.8, 4) is 0 Å². The number of amides is 1. The van der Waals surface area contributed by atoms with E-state index in [2.05, 4.69) is 0 Å². The molecule has 0 saturated carbocycles. The molecule has 1 aliphatic rings. The van der Waals surface area contributed by atoms with Crippen LogP contribution in [-0.2, 0) is 14.3 Å². The summed E-state index contributed by atoms with van der Waals surface area (Å²) in [6, 6.07) is 0. The molecule has 0 aliphatic carbocycles. The fourth-order valence-corrected chi connectivity index (χ4v) is 2.47. The number of carbonyl (C=O) groups is 2. The molecule has 8 heteroatoms. The first kappa shape index (κ1) is 19.6. The number of carbonyl (C=O) groups excluding carboxylic acids is 1.